The Bertz CT molecular complexity index is 838. The standard InChI is InChI=1S/C20H23N3O3S/c1-12-18(14-7-9-23(12)10-8-14)22-19(25)15-3-5-16(6-4-15)27-17-11-21-20(26-17)13(2)24/h3-6,11-12,14,18H,7-10H2,1-2H3,(H,22,25)/t12-,18+/m1/s1. The van der Waals surface area contributed by atoms with Crippen LogP contribution < -0.4 is 5.32 Å². The van der Waals surface area contributed by atoms with Crippen LogP contribution in [0.25, 0.3) is 0 Å². The molecule has 0 unspecified atom stereocenters. The molecule has 2 aromatic rings. The quantitative estimate of drug-likeness (QED) is 0.797. The molecule has 3 fully saturated rings. The molecule has 142 valence electrons. The number of carbonyl (C=O) groups excluding carboxylic acids is 2. The summed E-state index contributed by atoms with van der Waals surface area (Å²) in [6.45, 7) is 5.93. The van der Waals surface area contributed by atoms with Gasteiger partial charge in [-0.1, -0.05) is 11.8 Å². The molecule has 7 heteroatoms. The van der Waals surface area contributed by atoms with Gasteiger partial charge < -0.3 is 9.73 Å². The summed E-state index contributed by atoms with van der Waals surface area (Å²) in [5.74, 6) is 0.484. The van der Waals surface area contributed by atoms with Crippen LogP contribution in [0.3, 0.4) is 0 Å². The number of fused-ring (bicyclic) bond motifs is 3. The largest absolute Gasteiger partial charge is 0.427 e. The van der Waals surface area contributed by atoms with E-state index in [1.807, 2.05) is 24.3 Å². The van der Waals surface area contributed by atoms with Crippen molar-refractivity contribution in [2.45, 2.75) is 48.8 Å². The molecule has 3 saturated heterocycles. The van der Waals surface area contributed by atoms with Gasteiger partial charge in [-0.15, -0.1) is 0 Å². The Morgan fingerprint density at radius 1 is 1.22 bits per heavy atom. The predicted octanol–water partition coefficient (Wildman–Crippen LogP) is 3.24. The molecule has 4 heterocycles. The van der Waals surface area contributed by atoms with Crippen molar-refractivity contribution in [3.63, 3.8) is 0 Å². The molecule has 0 saturated carbocycles. The first-order valence-electron chi connectivity index (χ1n) is 9.31. The monoisotopic (exact) mass is 385 g/mol. The second-order valence-corrected chi connectivity index (χ2v) is 8.36. The Morgan fingerprint density at radius 3 is 2.52 bits per heavy atom. The number of aromatic nitrogens is 1. The molecule has 2 atom stereocenters. The van der Waals surface area contributed by atoms with Gasteiger partial charge in [0.2, 0.25) is 5.78 Å². The number of ketones is 1. The molecule has 6 nitrogen and oxygen atoms in total. The molecule has 0 spiro atoms. The minimum atomic E-state index is -0.198. The van der Waals surface area contributed by atoms with Crippen LogP contribution in [0, 0.1) is 5.92 Å². The van der Waals surface area contributed by atoms with Crippen molar-refractivity contribution in [3.8, 4) is 0 Å². The maximum atomic E-state index is 12.7. The van der Waals surface area contributed by atoms with E-state index in [-0.39, 0.29) is 23.6 Å². The highest BCUT2D eigenvalue weighted by atomic mass is 32.2. The summed E-state index contributed by atoms with van der Waals surface area (Å²) in [6.07, 6.45) is 3.88. The van der Waals surface area contributed by atoms with Gasteiger partial charge in [-0.05, 0) is 63.0 Å². The van der Waals surface area contributed by atoms with E-state index in [1.54, 1.807) is 0 Å². The lowest BCUT2D eigenvalue weighted by Gasteiger charge is -2.49. The molecule has 3 aliphatic heterocycles. The maximum Gasteiger partial charge on any atom is 0.263 e. The van der Waals surface area contributed by atoms with Crippen molar-refractivity contribution >= 4 is 23.5 Å². The van der Waals surface area contributed by atoms with Gasteiger partial charge in [0.1, 0.15) is 0 Å². The van der Waals surface area contributed by atoms with Gasteiger partial charge in [0.05, 0.1) is 6.20 Å². The number of benzene rings is 1. The Hall–Kier alpha value is -2.12. The van der Waals surface area contributed by atoms with E-state index in [9.17, 15) is 9.59 Å². The van der Waals surface area contributed by atoms with Crippen molar-refractivity contribution < 1.29 is 14.0 Å². The fraction of sp³-hybridized carbons (Fsp3) is 0.450. The van der Waals surface area contributed by atoms with Crippen LogP contribution in [0.1, 0.15) is 47.7 Å². The van der Waals surface area contributed by atoms with Gasteiger partial charge in [0, 0.05) is 29.5 Å². The SMILES string of the molecule is CC(=O)c1ncc(Sc2ccc(C(=O)N[C@@H]3C4CCN(CC4)[C@@H]3C)cc2)o1. The van der Waals surface area contributed by atoms with Crippen LogP contribution in [0.5, 0.6) is 0 Å². The third-order valence-electron chi connectivity index (χ3n) is 5.60. The third-order valence-corrected chi connectivity index (χ3v) is 6.49. The van der Waals surface area contributed by atoms with Crippen LogP contribution in [0.15, 0.2) is 44.9 Å². The van der Waals surface area contributed by atoms with E-state index in [0.717, 1.165) is 18.0 Å². The number of carbonyl (C=O) groups is 2. The molecule has 1 N–H and O–H groups in total. The molecule has 0 radical (unpaired) electrons. The normalized spacial score (nSPS) is 26.7. The van der Waals surface area contributed by atoms with Crippen LogP contribution in [0.4, 0.5) is 0 Å². The van der Waals surface area contributed by atoms with Crippen molar-refractivity contribution in [2.24, 2.45) is 5.92 Å². The molecule has 27 heavy (non-hydrogen) atoms. The van der Waals surface area contributed by atoms with Crippen LogP contribution in [0.2, 0.25) is 0 Å². The second-order valence-electron chi connectivity index (χ2n) is 7.28. The highest BCUT2D eigenvalue weighted by molar-refractivity contribution is 7.99. The van der Waals surface area contributed by atoms with E-state index in [2.05, 4.69) is 22.1 Å². The molecule has 1 amide bonds. The van der Waals surface area contributed by atoms with E-state index in [1.165, 1.54) is 37.7 Å². The summed E-state index contributed by atoms with van der Waals surface area (Å²) in [6, 6.07) is 8.05. The minimum Gasteiger partial charge on any atom is -0.427 e. The number of piperidine rings is 3. The third kappa shape index (κ3) is 3.80. The first-order chi connectivity index (χ1) is 13.0. The Morgan fingerprint density at radius 2 is 1.93 bits per heavy atom. The smallest absolute Gasteiger partial charge is 0.263 e. The van der Waals surface area contributed by atoms with E-state index in [0.29, 0.717) is 22.6 Å². The van der Waals surface area contributed by atoms with Crippen molar-refractivity contribution in [3.05, 3.63) is 41.9 Å². The lowest BCUT2D eigenvalue weighted by atomic mass is 9.79. The number of hydrogen-bond donors (Lipinski definition) is 1. The first-order valence-corrected chi connectivity index (χ1v) is 10.1. The summed E-state index contributed by atoms with van der Waals surface area (Å²) in [5, 5.41) is 3.80. The van der Waals surface area contributed by atoms with Crippen molar-refractivity contribution in [1.82, 2.24) is 15.2 Å². The summed E-state index contributed by atoms with van der Waals surface area (Å²) in [4.78, 5) is 31.3. The van der Waals surface area contributed by atoms with Crippen molar-refractivity contribution in [1.29, 1.82) is 0 Å². The number of nitrogens with zero attached hydrogens (tertiary/aromatic N) is 2. The minimum absolute atomic E-state index is 0.0179. The van der Waals surface area contributed by atoms with E-state index in [4.69, 9.17) is 4.42 Å². The zero-order valence-corrected chi connectivity index (χ0v) is 16.3. The fourth-order valence-corrected chi connectivity index (χ4v) is 4.77. The molecule has 2 bridgehead atoms. The summed E-state index contributed by atoms with van der Waals surface area (Å²) >= 11 is 1.37. The lowest BCUT2D eigenvalue weighted by molar-refractivity contribution is 0.0217. The number of hydrogen-bond acceptors (Lipinski definition) is 6. The topological polar surface area (TPSA) is 75.4 Å². The number of Topliss-reactive ketones (excluding diaryl/α,β-unsaturated/α-hetero) is 1. The zero-order chi connectivity index (χ0) is 19.0. The van der Waals surface area contributed by atoms with Crippen molar-refractivity contribution in [2.75, 3.05) is 13.1 Å². The summed E-state index contributed by atoms with van der Waals surface area (Å²) in [7, 11) is 0. The maximum absolute atomic E-state index is 12.7. The predicted molar refractivity (Wildman–Crippen MR) is 102 cm³/mol. The molecule has 3 aliphatic rings. The zero-order valence-electron chi connectivity index (χ0n) is 15.5. The fourth-order valence-electron chi connectivity index (χ4n) is 4.04. The van der Waals surface area contributed by atoms with Crippen LogP contribution >= 0.6 is 11.8 Å². The van der Waals surface area contributed by atoms with Gasteiger partial charge >= 0.3 is 0 Å². The highest BCUT2D eigenvalue weighted by Gasteiger charge is 2.40. The number of amides is 1. The Kier molecular flexibility index (Phi) is 5.06. The van der Waals surface area contributed by atoms with Crippen LogP contribution in [-0.2, 0) is 0 Å². The van der Waals surface area contributed by atoms with Crippen LogP contribution in [-0.4, -0.2) is 46.7 Å². The highest BCUT2D eigenvalue weighted by Crippen LogP contribution is 2.32. The van der Waals surface area contributed by atoms with Gasteiger partial charge in [0.25, 0.3) is 11.8 Å². The number of oxazole rings is 1. The molecule has 1 aromatic carbocycles. The Labute approximate surface area is 162 Å². The van der Waals surface area contributed by atoms with Gasteiger partial charge in [-0.25, -0.2) is 4.98 Å². The summed E-state index contributed by atoms with van der Waals surface area (Å²) in [5.41, 5.74) is 0.657. The lowest BCUT2D eigenvalue weighted by Crippen LogP contribution is -2.62. The molecular weight excluding hydrogens is 362 g/mol. The van der Waals surface area contributed by atoms with Gasteiger partial charge in [-0.2, -0.15) is 0 Å². The first kappa shape index (κ1) is 18.3. The van der Waals surface area contributed by atoms with E-state index >= 15 is 0 Å². The Balaban J connectivity index is 1.39. The summed E-state index contributed by atoms with van der Waals surface area (Å²) < 4.78 is 5.39. The number of rotatable bonds is 5. The molecule has 0 aliphatic carbocycles. The average Bonchev–Trinajstić information content (AvgIpc) is 3.14. The second kappa shape index (κ2) is 7.48. The number of nitrogens with one attached hydrogen (secondary N) is 1. The van der Waals surface area contributed by atoms with E-state index < -0.39 is 0 Å². The average molecular weight is 385 g/mol. The molecular formula is C20H23N3O3S. The molecule has 1 aromatic heterocycles. The van der Waals surface area contributed by atoms with Gasteiger partial charge in [0.15, 0.2) is 5.09 Å². The molecule has 5 rings (SSSR count). The van der Waals surface area contributed by atoms with Gasteiger partial charge in [-0.3, -0.25) is 14.5 Å².